The maximum atomic E-state index is 6.20. The van der Waals surface area contributed by atoms with Gasteiger partial charge >= 0.3 is 0 Å². The zero-order valence-electron chi connectivity index (χ0n) is 11.2. The summed E-state index contributed by atoms with van der Waals surface area (Å²) in [5.74, 6) is 0. The van der Waals surface area contributed by atoms with E-state index in [1.807, 2.05) is 6.07 Å². The molecule has 2 nitrogen and oxygen atoms in total. The zero-order chi connectivity index (χ0) is 13.8. The second kappa shape index (κ2) is 6.66. The third-order valence-corrected chi connectivity index (χ3v) is 4.50. The highest BCUT2D eigenvalue weighted by Gasteiger charge is 2.21. The molecule has 2 atom stereocenters. The highest BCUT2D eigenvalue weighted by molar-refractivity contribution is 9.10. The fourth-order valence-electron chi connectivity index (χ4n) is 2.40. The summed E-state index contributed by atoms with van der Waals surface area (Å²) in [6, 6.07) is 13.0. The van der Waals surface area contributed by atoms with Crippen LogP contribution in [-0.4, -0.2) is 18.0 Å². The highest BCUT2D eigenvalue weighted by atomic mass is 79.9. The van der Waals surface area contributed by atoms with Crippen molar-refractivity contribution in [3.63, 3.8) is 0 Å². The number of halogens is 1. The molecule has 0 amide bonds. The fraction of sp³-hybridized carbons (Fsp3) is 0.333. The van der Waals surface area contributed by atoms with Crippen molar-refractivity contribution < 1.29 is 0 Å². The minimum Gasteiger partial charge on any atom is -0.326 e. The van der Waals surface area contributed by atoms with Crippen molar-refractivity contribution >= 4 is 27.3 Å². The topological polar surface area (TPSA) is 29.3 Å². The summed E-state index contributed by atoms with van der Waals surface area (Å²) in [4.78, 5) is 3.68. The second-order valence-electron chi connectivity index (χ2n) is 4.85. The normalized spacial score (nSPS) is 14.6. The van der Waals surface area contributed by atoms with E-state index in [4.69, 9.17) is 5.73 Å². The van der Waals surface area contributed by atoms with E-state index in [0.717, 1.165) is 11.0 Å². The molecule has 0 aliphatic rings. The molecule has 19 heavy (non-hydrogen) atoms. The molecule has 1 aromatic heterocycles. The molecule has 1 aromatic carbocycles. The molecule has 4 heteroatoms. The van der Waals surface area contributed by atoms with Gasteiger partial charge in [-0.05, 0) is 43.1 Å². The van der Waals surface area contributed by atoms with E-state index in [9.17, 15) is 0 Å². The third-order valence-electron chi connectivity index (χ3n) is 3.15. The second-order valence-corrected chi connectivity index (χ2v) is 6.80. The highest BCUT2D eigenvalue weighted by Crippen LogP contribution is 2.27. The van der Waals surface area contributed by atoms with Gasteiger partial charge in [-0.3, -0.25) is 4.90 Å². The Morgan fingerprint density at radius 3 is 2.68 bits per heavy atom. The van der Waals surface area contributed by atoms with Crippen LogP contribution in [0.2, 0.25) is 0 Å². The Balaban J connectivity index is 2.20. The van der Waals surface area contributed by atoms with Gasteiger partial charge in [0.05, 0.1) is 0 Å². The van der Waals surface area contributed by atoms with E-state index < -0.39 is 0 Å². The summed E-state index contributed by atoms with van der Waals surface area (Å²) in [5.41, 5.74) is 7.45. The van der Waals surface area contributed by atoms with Gasteiger partial charge in [0.25, 0.3) is 0 Å². The molecule has 2 rings (SSSR count). The standard InChI is InChI=1S/C15H19BrN2S/c1-11(17)15(12-5-3-6-13(16)9-12)18(2)10-14-7-4-8-19-14/h3-9,11,15H,10,17H2,1-2H3. The molecule has 0 saturated heterocycles. The minimum atomic E-state index is 0.0827. The smallest absolute Gasteiger partial charge is 0.0497 e. The molecule has 2 aromatic rings. The summed E-state index contributed by atoms with van der Waals surface area (Å²) in [7, 11) is 2.13. The lowest BCUT2D eigenvalue weighted by molar-refractivity contribution is 0.212. The maximum absolute atomic E-state index is 6.20. The molecule has 0 aliphatic carbocycles. The number of nitrogens with two attached hydrogens (primary N) is 1. The molecule has 0 bridgehead atoms. The number of nitrogens with zero attached hydrogens (tertiary/aromatic N) is 1. The number of rotatable bonds is 5. The number of thiophene rings is 1. The average molecular weight is 339 g/mol. The van der Waals surface area contributed by atoms with Crippen LogP contribution < -0.4 is 5.73 Å². The molecule has 0 aliphatic heterocycles. The van der Waals surface area contributed by atoms with Crippen LogP contribution in [0.5, 0.6) is 0 Å². The van der Waals surface area contributed by atoms with Crippen molar-refractivity contribution in [2.75, 3.05) is 7.05 Å². The molecule has 2 unspecified atom stereocenters. The molecule has 0 spiro atoms. The average Bonchev–Trinajstić information content (AvgIpc) is 2.81. The maximum Gasteiger partial charge on any atom is 0.0497 e. The van der Waals surface area contributed by atoms with Crippen molar-refractivity contribution in [3.05, 3.63) is 56.7 Å². The monoisotopic (exact) mass is 338 g/mol. The Morgan fingerprint density at radius 2 is 2.11 bits per heavy atom. The summed E-state index contributed by atoms with van der Waals surface area (Å²) in [6.07, 6.45) is 0. The lowest BCUT2D eigenvalue weighted by Crippen LogP contribution is -2.36. The van der Waals surface area contributed by atoms with Gasteiger partial charge < -0.3 is 5.73 Å². The molecular weight excluding hydrogens is 320 g/mol. The third kappa shape index (κ3) is 3.89. The van der Waals surface area contributed by atoms with Crippen molar-refractivity contribution in [3.8, 4) is 0 Å². The van der Waals surface area contributed by atoms with Gasteiger partial charge in [-0.1, -0.05) is 34.1 Å². The zero-order valence-corrected chi connectivity index (χ0v) is 13.6. The fourth-order valence-corrected chi connectivity index (χ4v) is 3.58. The van der Waals surface area contributed by atoms with Crippen LogP contribution in [0.25, 0.3) is 0 Å². The first-order valence-electron chi connectivity index (χ1n) is 6.31. The Hall–Kier alpha value is -0.680. The van der Waals surface area contributed by atoms with Gasteiger partial charge in [0.1, 0.15) is 0 Å². The Bertz CT molecular complexity index is 511. The van der Waals surface area contributed by atoms with Crippen LogP contribution in [0.15, 0.2) is 46.3 Å². The first kappa shape index (κ1) is 14.7. The van der Waals surface area contributed by atoms with Gasteiger partial charge in [0, 0.05) is 28.0 Å². The van der Waals surface area contributed by atoms with E-state index in [2.05, 4.69) is 70.5 Å². The number of likely N-dealkylation sites (N-methyl/N-ethyl adjacent to an activating group) is 1. The summed E-state index contributed by atoms with van der Waals surface area (Å²) < 4.78 is 1.10. The van der Waals surface area contributed by atoms with Crippen LogP contribution in [0.1, 0.15) is 23.4 Å². The largest absolute Gasteiger partial charge is 0.326 e. The Kier molecular flexibility index (Phi) is 5.16. The molecule has 2 N–H and O–H groups in total. The van der Waals surface area contributed by atoms with Gasteiger partial charge in [-0.15, -0.1) is 11.3 Å². The van der Waals surface area contributed by atoms with E-state index in [1.54, 1.807) is 11.3 Å². The predicted octanol–water partition coefficient (Wildman–Crippen LogP) is 4.03. The lowest BCUT2D eigenvalue weighted by atomic mass is 9.99. The number of benzene rings is 1. The number of hydrogen-bond donors (Lipinski definition) is 1. The SMILES string of the molecule is CC(N)C(c1cccc(Br)c1)N(C)Cc1cccs1. The summed E-state index contributed by atoms with van der Waals surface area (Å²) in [5, 5.41) is 2.11. The van der Waals surface area contributed by atoms with Gasteiger partial charge in [-0.25, -0.2) is 0 Å². The predicted molar refractivity (Wildman–Crippen MR) is 86.3 cm³/mol. The quantitative estimate of drug-likeness (QED) is 0.891. The van der Waals surface area contributed by atoms with Crippen molar-refractivity contribution in [2.24, 2.45) is 5.73 Å². The summed E-state index contributed by atoms with van der Waals surface area (Å²) in [6.45, 7) is 2.99. The van der Waals surface area contributed by atoms with E-state index >= 15 is 0 Å². The van der Waals surface area contributed by atoms with Crippen LogP contribution >= 0.6 is 27.3 Å². The van der Waals surface area contributed by atoms with Crippen LogP contribution in [0.3, 0.4) is 0 Å². The van der Waals surface area contributed by atoms with Crippen molar-refractivity contribution in [1.29, 1.82) is 0 Å². The van der Waals surface area contributed by atoms with Crippen LogP contribution in [-0.2, 0) is 6.54 Å². The molecule has 0 saturated carbocycles. The van der Waals surface area contributed by atoms with Crippen LogP contribution in [0, 0.1) is 0 Å². The Labute approximate surface area is 127 Å². The summed E-state index contributed by atoms with van der Waals surface area (Å²) >= 11 is 5.32. The molecule has 0 fully saturated rings. The first-order valence-corrected chi connectivity index (χ1v) is 7.99. The van der Waals surface area contributed by atoms with E-state index in [-0.39, 0.29) is 12.1 Å². The van der Waals surface area contributed by atoms with Crippen molar-refractivity contribution in [1.82, 2.24) is 4.90 Å². The van der Waals surface area contributed by atoms with Gasteiger partial charge in [0.15, 0.2) is 0 Å². The minimum absolute atomic E-state index is 0.0827. The Morgan fingerprint density at radius 1 is 1.32 bits per heavy atom. The van der Waals surface area contributed by atoms with E-state index in [1.165, 1.54) is 10.4 Å². The molecule has 1 heterocycles. The molecule has 102 valence electrons. The lowest BCUT2D eigenvalue weighted by Gasteiger charge is -2.31. The molecule has 0 radical (unpaired) electrons. The van der Waals surface area contributed by atoms with E-state index in [0.29, 0.717) is 0 Å². The van der Waals surface area contributed by atoms with Gasteiger partial charge in [0.2, 0.25) is 0 Å². The van der Waals surface area contributed by atoms with Gasteiger partial charge in [-0.2, -0.15) is 0 Å². The number of hydrogen-bond acceptors (Lipinski definition) is 3. The van der Waals surface area contributed by atoms with Crippen LogP contribution in [0.4, 0.5) is 0 Å². The first-order chi connectivity index (χ1) is 9.08. The molecular formula is C15H19BrN2S. The van der Waals surface area contributed by atoms with Crippen molar-refractivity contribution in [2.45, 2.75) is 25.6 Å².